The molecule has 0 saturated carbocycles. The van der Waals surface area contributed by atoms with Gasteiger partial charge in [-0.3, -0.25) is 9.48 Å². The van der Waals surface area contributed by atoms with Gasteiger partial charge in [0.2, 0.25) is 5.88 Å². The van der Waals surface area contributed by atoms with Gasteiger partial charge in [0, 0.05) is 29.7 Å². The average molecular weight is 418 g/mol. The van der Waals surface area contributed by atoms with E-state index in [4.69, 9.17) is 9.47 Å². The second-order valence-corrected chi connectivity index (χ2v) is 8.42. The van der Waals surface area contributed by atoms with Crippen LogP contribution >= 0.6 is 0 Å². The van der Waals surface area contributed by atoms with Crippen LogP contribution in [0.5, 0.6) is 5.88 Å². The maximum atomic E-state index is 12.9. The number of aromatic nitrogens is 4. The third-order valence-corrected chi connectivity index (χ3v) is 6.42. The lowest BCUT2D eigenvalue weighted by Gasteiger charge is -2.29. The summed E-state index contributed by atoms with van der Waals surface area (Å²) in [5, 5.41) is 6.24. The third-order valence-electron chi connectivity index (χ3n) is 6.42. The number of aryl methyl sites for hydroxylation is 1. The van der Waals surface area contributed by atoms with E-state index in [0.29, 0.717) is 30.4 Å². The highest BCUT2D eigenvalue weighted by molar-refractivity contribution is 6.04. The largest absolute Gasteiger partial charge is 0.481 e. The van der Waals surface area contributed by atoms with Gasteiger partial charge in [-0.25, -0.2) is 4.98 Å². The number of rotatable bonds is 3. The Labute approximate surface area is 180 Å². The molecule has 31 heavy (non-hydrogen) atoms. The van der Waals surface area contributed by atoms with Gasteiger partial charge in [0.15, 0.2) is 0 Å². The highest BCUT2D eigenvalue weighted by atomic mass is 16.5. The fourth-order valence-corrected chi connectivity index (χ4v) is 4.85. The first-order chi connectivity index (χ1) is 15.0. The molecule has 0 spiro atoms. The van der Waals surface area contributed by atoms with E-state index in [9.17, 15) is 4.79 Å². The first-order valence-corrected chi connectivity index (χ1v) is 10.6. The SMILES string of the molecule is COc1ncc(C)c(-c2ccc3c(c2)[nH]c(=O)c2cnn([C@H]4CCOC[C@@H]4C)c23)c1C. The maximum absolute atomic E-state index is 12.9. The summed E-state index contributed by atoms with van der Waals surface area (Å²) < 4.78 is 13.1. The van der Waals surface area contributed by atoms with Crippen molar-refractivity contribution in [2.24, 2.45) is 5.92 Å². The van der Waals surface area contributed by atoms with E-state index in [0.717, 1.165) is 45.1 Å². The van der Waals surface area contributed by atoms with Gasteiger partial charge in [-0.2, -0.15) is 5.10 Å². The second-order valence-electron chi connectivity index (χ2n) is 8.42. The Morgan fingerprint density at radius 2 is 2.06 bits per heavy atom. The summed E-state index contributed by atoms with van der Waals surface area (Å²) in [7, 11) is 1.63. The van der Waals surface area contributed by atoms with Crippen LogP contribution in [0.25, 0.3) is 32.9 Å². The number of hydrogen-bond acceptors (Lipinski definition) is 5. The number of aromatic amines is 1. The number of nitrogens with zero attached hydrogens (tertiary/aromatic N) is 3. The summed E-state index contributed by atoms with van der Waals surface area (Å²) in [6.45, 7) is 7.63. The predicted octanol–water partition coefficient (Wildman–Crippen LogP) is 4.16. The first-order valence-electron chi connectivity index (χ1n) is 10.6. The fourth-order valence-electron chi connectivity index (χ4n) is 4.85. The van der Waals surface area contributed by atoms with Crippen molar-refractivity contribution < 1.29 is 9.47 Å². The van der Waals surface area contributed by atoms with Crippen molar-refractivity contribution >= 4 is 21.8 Å². The first kappa shape index (κ1) is 19.8. The lowest BCUT2D eigenvalue weighted by molar-refractivity contribution is 0.0264. The molecule has 1 aromatic carbocycles. The van der Waals surface area contributed by atoms with Crippen molar-refractivity contribution in [3.05, 3.63) is 52.1 Å². The standard InChI is InChI=1S/C24H26N4O3/c1-13-10-25-24(30-4)15(3)21(13)16-5-6-17-19(9-16)27-23(29)18-11-26-28(22(17)18)20-7-8-31-12-14(20)2/h5-6,9-11,14,20H,7-8,12H2,1-4H3,(H,27,29)/t14-,20-/m0/s1. The second kappa shape index (κ2) is 7.50. The summed E-state index contributed by atoms with van der Waals surface area (Å²) in [4.78, 5) is 20.3. The molecule has 4 aromatic rings. The minimum atomic E-state index is -0.119. The van der Waals surface area contributed by atoms with Gasteiger partial charge in [-0.15, -0.1) is 0 Å². The molecular formula is C24H26N4O3. The molecule has 1 N–H and O–H groups in total. The van der Waals surface area contributed by atoms with E-state index in [1.165, 1.54) is 0 Å². The van der Waals surface area contributed by atoms with Crippen LogP contribution in [-0.2, 0) is 4.74 Å². The molecule has 1 aliphatic rings. The number of pyridine rings is 2. The molecule has 0 unspecified atom stereocenters. The molecule has 1 fully saturated rings. The number of fused-ring (bicyclic) bond motifs is 3. The number of benzene rings is 1. The monoisotopic (exact) mass is 418 g/mol. The predicted molar refractivity (Wildman–Crippen MR) is 121 cm³/mol. The van der Waals surface area contributed by atoms with Gasteiger partial charge < -0.3 is 14.5 Å². The van der Waals surface area contributed by atoms with Crippen molar-refractivity contribution in [3.63, 3.8) is 0 Å². The van der Waals surface area contributed by atoms with Gasteiger partial charge in [0.25, 0.3) is 5.56 Å². The van der Waals surface area contributed by atoms with E-state index in [1.807, 2.05) is 30.8 Å². The Balaban J connectivity index is 1.74. The molecule has 3 aromatic heterocycles. The van der Waals surface area contributed by atoms with Gasteiger partial charge in [-0.1, -0.05) is 19.1 Å². The van der Waals surface area contributed by atoms with Crippen LogP contribution in [0.1, 0.15) is 30.5 Å². The van der Waals surface area contributed by atoms with Crippen LogP contribution < -0.4 is 10.3 Å². The Morgan fingerprint density at radius 3 is 2.84 bits per heavy atom. The molecule has 0 bridgehead atoms. The molecule has 7 nitrogen and oxygen atoms in total. The van der Waals surface area contributed by atoms with E-state index in [-0.39, 0.29) is 11.6 Å². The summed E-state index contributed by atoms with van der Waals surface area (Å²) in [5.41, 5.74) is 5.70. The molecule has 4 heterocycles. The molecule has 5 rings (SSSR count). The van der Waals surface area contributed by atoms with Crippen molar-refractivity contribution in [2.75, 3.05) is 20.3 Å². The van der Waals surface area contributed by atoms with Crippen molar-refractivity contribution in [3.8, 4) is 17.0 Å². The summed E-state index contributed by atoms with van der Waals surface area (Å²) in [6, 6.07) is 6.43. The van der Waals surface area contributed by atoms with E-state index < -0.39 is 0 Å². The number of hydrogen-bond donors (Lipinski definition) is 1. The highest BCUT2D eigenvalue weighted by Gasteiger charge is 2.27. The zero-order chi connectivity index (χ0) is 21.7. The molecule has 1 aliphatic heterocycles. The molecule has 1 saturated heterocycles. The van der Waals surface area contributed by atoms with Crippen LogP contribution in [0.2, 0.25) is 0 Å². The molecule has 0 radical (unpaired) electrons. The van der Waals surface area contributed by atoms with Gasteiger partial charge in [-0.05, 0) is 43.0 Å². The Hall–Kier alpha value is -3.19. The van der Waals surface area contributed by atoms with Crippen molar-refractivity contribution in [1.29, 1.82) is 0 Å². The fraction of sp³-hybridized carbons (Fsp3) is 0.375. The maximum Gasteiger partial charge on any atom is 0.259 e. The quantitative estimate of drug-likeness (QED) is 0.540. The van der Waals surface area contributed by atoms with Gasteiger partial charge in [0.05, 0.1) is 42.4 Å². The van der Waals surface area contributed by atoms with Gasteiger partial charge in [0.1, 0.15) is 0 Å². The van der Waals surface area contributed by atoms with E-state index >= 15 is 0 Å². The van der Waals surface area contributed by atoms with Crippen LogP contribution in [0.4, 0.5) is 0 Å². The minimum Gasteiger partial charge on any atom is -0.481 e. The lowest BCUT2D eigenvalue weighted by atomic mass is 9.95. The zero-order valence-corrected chi connectivity index (χ0v) is 18.2. The Bertz CT molecular complexity index is 1350. The van der Waals surface area contributed by atoms with Crippen molar-refractivity contribution in [2.45, 2.75) is 33.2 Å². The number of H-pyrrole nitrogens is 1. The smallest absolute Gasteiger partial charge is 0.259 e. The Kier molecular flexibility index (Phi) is 4.78. The summed E-state index contributed by atoms with van der Waals surface area (Å²) >= 11 is 0. The topological polar surface area (TPSA) is 82.0 Å². The molecular weight excluding hydrogens is 392 g/mol. The molecule has 0 aliphatic carbocycles. The lowest BCUT2D eigenvalue weighted by Crippen LogP contribution is -2.28. The number of nitrogens with one attached hydrogen (secondary N) is 1. The Morgan fingerprint density at radius 1 is 1.23 bits per heavy atom. The number of methoxy groups -OCH3 is 1. The van der Waals surface area contributed by atoms with E-state index in [1.54, 1.807) is 13.3 Å². The molecule has 2 atom stereocenters. The van der Waals surface area contributed by atoms with Crippen molar-refractivity contribution in [1.82, 2.24) is 19.7 Å². The highest BCUT2D eigenvalue weighted by Crippen LogP contribution is 2.35. The average Bonchev–Trinajstić information content (AvgIpc) is 3.20. The van der Waals surface area contributed by atoms with Crippen LogP contribution in [0.15, 0.2) is 35.4 Å². The molecule has 160 valence electrons. The number of ether oxygens (including phenoxy) is 2. The van der Waals surface area contributed by atoms with Gasteiger partial charge >= 0.3 is 0 Å². The normalized spacial score (nSPS) is 19.2. The van der Waals surface area contributed by atoms with Crippen LogP contribution in [0.3, 0.4) is 0 Å². The summed E-state index contributed by atoms with van der Waals surface area (Å²) in [6.07, 6.45) is 4.39. The zero-order valence-electron chi connectivity index (χ0n) is 18.2. The molecule has 7 heteroatoms. The van der Waals surface area contributed by atoms with E-state index in [2.05, 4.69) is 34.1 Å². The third kappa shape index (κ3) is 3.11. The van der Waals surface area contributed by atoms with Crippen LogP contribution in [0, 0.1) is 19.8 Å². The summed E-state index contributed by atoms with van der Waals surface area (Å²) in [5.74, 6) is 0.941. The van der Waals surface area contributed by atoms with Crippen LogP contribution in [-0.4, -0.2) is 40.1 Å². The minimum absolute atomic E-state index is 0.119. The molecule has 0 amide bonds.